The average molecular weight is 360 g/mol. The molecule has 0 atom stereocenters. The van der Waals surface area contributed by atoms with Gasteiger partial charge in [0, 0.05) is 30.0 Å². The Bertz CT molecular complexity index is 710. The second-order valence-corrected chi connectivity index (χ2v) is 6.31. The summed E-state index contributed by atoms with van der Waals surface area (Å²) < 4.78 is 28.6. The van der Waals surface area contributed by atoms with Crippen LogP contribution in [0, 0.1) is 0 Å². The molecule has 1 N–H and O–H groups in total. The van der Waals surface area contributed by atoms with E-state index in [9.17, 15) is 13.6 Å². The number of nitrogens with zero attached hydrogens (tertiary/aromatic N) is 1. The van der Waals surface area contributed by atoms with Gasteiger partial charge in [-0.05, 0) is 61.4 Å². The lowest BCUT2D eigenvalue weighted by Gasteiger charge is -2.22. The maximum atomic E-state index is 12.3. The lowest BCUT2D eigenvalue weighted by atomic mass is 10.2. The Morgan fingerprint density at radius 2 is 1.54 bits per heavy atom. The molecule has 0 aliphatic carbocycles. The van der Waals surface area contributed by atoms with Crippen molar-refractivity contribution in [2.45, 2.75) is 32.3 Å². The number of anilines is 2. The molecular weight excluding hydrogens is 338 g/mol. The number of nitrogens with one attached hydrogen (secondary N) is 1. The maximum absolute atomic E-state index is 12.3. The molecule has 6 heteroatoms. The Labute approximate surface area is 151 Å². The van der Waals surface area contributed by atoms with Crippen LogP contribution >= 0.6 is 0 Å². The van der Waals surface area contributed by atoms with E-state index in [1.54, 1.807) is 0 Å². The van der Waals surface area contributed by atoms with Gasteiger partial charge in [-0.1, -0.05) is 12.8 Å². The van der Waals surface area contributed by atoms with Crippen LogP contribution in [0.25, 0.3) is 0 Å². The van der Waals surface area contributed by atoms with Crippen LogP contribution in [0.3, 0.4) is 0 Å². The molecule has 138 valence electrons. The van der Waals surface area contributed by atoms with Gasteiger partial charge in [-0.3, -0.25) is 4.79 Å². The minimum atomic E-state index is -2.88. The summed E-state index contributed by atoms with van der Waals surface area (Å²) >= 11 is 0. The van der Waals surface area contributed by atoms with Crippen LogP contribution in [0.1, 0.15) is 36.0 Å². The van der Waals surface area contributed by atoms with Crippen molar-refractivity contribution >= 4 is 17.3 Å². The highest BCUT2D eigenvalue weighted by atomic mass is 19.3. The van der Waals surface area contributed by atoms with Gasteiger partial charge in [0.05, 0.1) is 0 Å². The first kappa shape index (κ1) is 18.2. The van der Waals surface area contributed by atoms with E-state index in [0.717, 1.165) is 13.1 Å². The zero-order valence-corrected chi connectivity index (χ0v) is 14.5. The number of alkyl halides is 2. The van der Waals surface area contributed by atoms with E-state index in [1.165, 1.54) is 55.6 Å². The first-order valence-electron chi connectivity index (χ1n) is 8.83. The summed E-state index contributed by atoms with van der Waals surface area (Å²) in [5.41, 5.74) is 2.24. The molecule has 1 amide bonds. The molecule has 2 aromatic carbocycles. The summed E-state index contributed by atoms with van der Waals surface area (Å²) in [5, 5.41) is 2.81. The molecule has 0 radical (unpaired) electrons. The molecule has 1 aliphatic heterocycles. The summed E-state index contributed by atoms with van der Waals surface area (Å²) in [4.78, 5) is 14.6. The zero-order chi connectivity index (χ0) is 18.4. The van der Waals surface area contributed by atoms with Gasteiger partial charge in [0.25, 0.3) is 5.91 Å². The molecule has 0 saturated carbocycles. The predicted octanol–water partition coefficient (Wildman–Crippen LogP) is 4.92. The van der Waals surface area contributed by atoms with Crippen LogP contribution in [0.4, 0.5) is 20.2 Å². The number of ether oxygens (including phenoxy) is 1. The summed E-state index contributed by atoms with van der Waals surface area (Å²) in [6.07, 6.45) is 4.99. The summed E-state index contributed by atoms with van der Waals surface area (Å²) in [5.74, 6) is -0.269. The molecule has 0 aromatic heterocycles. The third-order valence-corrected chi connectivity index (χ3v) is 4.44. The van der Waals surface area contributed by atoms with Crippen molar-refractivity contribution in [1.29, 1.82) is 0 Å². The number of amides is 1. The monoisotopic (exact) mass is 360 g/mol. The van der Waals surface area contributed by atoms with Crippen LogP contribution in [0.2, 0.25) is 0 Å². The minimum absolute atomic E-state index is 0.0263. The van der Waals surface area contributed by atoms with Gasteiger partial charge in [-0.2, -0.15) is 8.78 Å². The van der Waals surface area contributed by atoms with Crippen LogP contribution in [-0.4, -0.2) is 25.6 Å². The Morgan fingerprint density at radius 1 is 0.923 bits per heavy atom. The Hall–Kier alpha value is -2.63. The fourth-order valence-corrected chi connectivity index (χ4v) is 3.08. The molecule has 26 heavy (non-hydrogen) atoms. The summed E-state index contributed by atoms with van der Waals surface area (Å²) in [6, 6.07) is 13.4. The third kappa shape index (κ3) is 4.94. The van der Waals surface area contributed by atoms with Gasteiger partial charge >= 0.3 is 6.61 Å². The van der Waals surface area contributed by atoms with Crippen LogP contribution in [0.5, 0.6) is 5.75 Å². The van der Waals surface area contributed by atoms with Crippen molar-refractivity contribution in [2.75, 3.05) is 23.3 Å². The van der Waals surface area contributed by atoms with Gasteiger partial charge < -0.3 is 15.0 Å². The van der Waals surface area contributed by atoms with Crippen LogP contribution < -0.4 is 15.0 Å². The lowest BCUT2D eigenvalue weighted by molar-refractivity contribution is -0.0498. The van der Waals surface area contributed by atoms with Gasteiger partial charge in [0.15, 0.2) is 0 Å². The van der Waals surface area contributed by atoms with Crippen molar-refractivity contribution in [2.24, 2.45) is 0 Å². The predicted molar refractivity (Wildman–Crippen MR) is 98.2 cm³/mol. The molecule has 0 bridgehead atoms. The van der Waals surface area contributed by atoms with Crippen molar-refractivity contribution < 1.29 is 18.3 Å². The van der Waals surface area contributed by atoms with Gasteiger partial charge in [0.1, 0.15) is 5.75 Å². The van der Waals surface area contributed by atoms with E-state index in [4.69, 9.17) is 0 Å². The van der Waals surface area contributed by atoms with Crippen LogP contribution in [0.15, 0.2) is 48.5 Å². The lowest BCUT2D eigenvalue weighted by Crippen LogP contribution is -2.23. The molecule has 3 rings (SSSR count). The van der Waals surface area contributed by atoms with Gasteiger partial charge in [-0.15, -0.1) is 0 Å². The van der Waals surface area contributed by atoms with Crippen molar-refractivity contribution in [3.8, 4) is 5.75 Å². The number of hydrogen-bond acceptors (Lipinski definition) is 3. The normalized spacial score (nSPS) is 14.8. The quantitative estimate of drug-likeness (QED) is 0.823. The van der Waals surface area contributed by atoms with E-state index >= 15 is 0 Å². The van der Waals surface area contributed by atoms with E-state index in [2.05, 4.69) is 15.0 Å². The maximum Gasteiger partial charge on any atom is 0.387 e. The minimum Gasteiger partial charge on any atom is -0.435 e. The van der Waals surface area contributed by atoms with E-state index < -0.39 is 6.61 Å². The van der Waals surface area contributed by atoms with Crippen molar-refractivity contribution in [1.82, 2.24) is 0 Å². The fourth-order valence-electron chi connectivity index (χ4n) is 3.08. The standard InChI is InChI=1S/C20H22F2N2O2/c21-20(22)26-18-11-5-15(6-12-18)19(25)23-16-7-9-17(10-8-16)24-13-3-1-2-4-14-24/h5-12,20H,1-4,13-14H2,(H,23,25). The van der Waals surface area contributed by atoms with E-state index in [1.807, 2.05) is 24.3 Å². The van der Waals surface area contributed by atoms with Gasteiger partial charge in [-0.25, -0.2) is 0 Å². The summed E-state index contributed by atoms with van der Waals surface area (Å²) in [7, 11) is 0. The summed E-state index contributed by atoms with van der Waals surface area (Å²) in [6.45, 7) is -0.741. The van der Waals surface area contributed by atoms with Crippen molar-refractivity contribution in [3.05, 3.63) is 54.1 Å². The number of rotatable bonds is 5. The zero-order valence-electron chi connectivity index (χ0n) is 14.5. The molecule has 1 heterocycles. The fraction of sp³-hybridized carbons (Fsp3) is 0.350. The molecular formula is C20H22F2N2O2. The number of hydrogen-bond donors (Lipinski definition) is 1. The molecule has 4 nitrogen and oxygen atoms in total. The molecule has 0 unspecified atom stereocenters. The number of halogens is 2. The Balaban J connectivity index is 1.60. The SMILES string of the molecule is O=C(Nc1ccc(N2CCCCCC2)cc1)c1ccc(OC(F)F)cc1. The largest absolute Gasteiger partial charge is 0.435 e. The van der Waals surface area contributed by atoms with Gasteiger partial charge in [0.2, 0.25) is 0 Å². The van der Waals surface area contributed by atoms with Crippen LogP contribution in [-0.2, 0) is 0 Å². The molecule has 2 aromatic rings. The first-order valence-corrected chi connectivity index (χ1v) is 8.83. The third-order valence-electron chi connectivity index (χ3n) is 4.44. The number of carbonyl (C=O) groups is 1. The average Bonchev–Trinajstić information content (AvgIpc) is 2.92. The molecule has 1 fully saturated rings. The Morgan fingerprint density at radius 3 is 2.12 bits per heavy atom. The number of carbonyl (C=O) groups excluding carboxylic acids is 1. The van der Waals surface area contributed by atoms with Crippen molar-refractivity contribution in [3.63, 3.8) is 0 Å². The first-order chi connectivity index (χ1) is 12.6. The second kappa shape index (κ2) is 8.65. The highest BCUT2D eigenvalue weighted by Crippen LogP contribution is 2.22. The molecule has 0 spiro atoms. The van der Waals surface area contributed by atoms with E-state index in [0.29, 0.717) is 11.3 Å². The molecule has 1 saturated heterocycles. The number of benzene rings is 2. The highest BCUT2D eigenvalue weighted by Gasteiger charge is 2.11. The van der Waals surface area contributed by atoms with E-state index in [-0.39, 0.29) is 11.7 Å². The molecule has 1 aliphatic rings. The highest BCUT2D eigenvalue weighted by molar-refractivity contribution is 6.04. The smallest absolute Gasteiger partial charge is 0.387 e. The second-order valence-electron chi connectivity index (χ2n) is 6.31. The Kier molecular flexibility index (Phi) is 6.04. The topological polar surface area (TPSA) is 41.6 Å².